The lowest BCUT2D eigenvalue weighted by Gasteiger charge is -2.08. The zero-order chi connectivity index (χ0) is 15.3. The van der Waals surface area contributed by atoms with Crippen molar-refractivity contribution in [1.82, 2.24) is 24.3 Å². The molecule has 4 rings (SSSR count). The van der Waals surface area contributed by atoms with Crippen molar-refractivity contribution in [3.8, 4) is 17.1 Å². The van der Waals surface area contributed by atoms with Gasteiger partial charge in [-0.3, -0.25) is 9.36 Å². The largest absolute Gasteiger partial charge is 0.300 e. The first kappa shape index (κ1) is 12.9. The highest BCUT2D eigenvalue weighted by molar-refractivity contribution is 5.95. The van der Waals surface area contributed by atoms with E-state index in [4.69, 9.17) is 0 Å². The number of hydrogen-bond donors (Lipinski definition) is 0. The van der Waals surface area contributed by atoms with Crippen LogP contribution in [0.25, 0.3) is 17.1 Å². The van der Waals surface area contributed by atoms with E-state index in [9.17, 15) is 9.18 Å². The number of imidazole rings is 1. The van der Waals surface area contributed by atoms with Crippen molar-refractivity contribution < 1.29 is 9.18 Å². The molecule has 3 aromatic rings. The summed E-state index contributed by atoms with van der Waals surface area (Å²) in [7, 11) is 0. The summed E-state index contributed by atoms with van der Waals surface area (Å²) in [6.07, 6.45) is 3.41. The van der Waals surface area contributed by atoms with Crippen LogP contribution in [0.1, 0.15) is 29.5 Å². The Morgan fingerprint density at radius 3 is 3.05 bits per heavy atom. The van der Waals surface area contributed by atoms with Crippen LogP contribution < -0.4 is 0 Å². The molecule has 0 fully saturated rings. The number of carbonyl (C=O) groups excluding carboxylic acids is 1. The number of nitrogens with zero attached hydrogens (tertiary/aromatic N) is 5. The lowest BCUT2D eigenvalue weighted by atomic mass is 10.1. The molecule has 22 heavy (non-hydrogen) atoms. The van der Waals surface area contributed by atoms with E-state index in [1.165, 1.54) is 18.5 Å². The molecule has 0 unspecified atom stereocenters. The van der Waals surface area contributed by atoms with E-state index in [0.29, 0.717) is 30.0 Å². The fraction of sp³-hybridized carbons (Fsp3) is 0.200. The van der Waals surface area contributed by atoms with E-state index in [1.807, 2.05) is 4.57 Å². The second-order valence-electron chi connectivity index (χ2n) is 5.09. The topological polar surface area (TPSA) is 65.6 Å². The van der Waals surface area contributed by atoms with Crippen molar-refractivity contribution in [1.29, 1.82) is 0 Å². The first-order valence-electron chi connectivity index (χ1n) is 6.96. The monoisotopic (exact) mass is 297 g/mol. The minimum absolute atomic E-state index is 0.0269. The maximum atomic E-state index is 13.7. The van der Waals surface area contributed by atoms with Gasteiger partial charge in [0.2, 0.25) is 0 Å². The molecule has 0 N–H and O–H groups in total. The van der Waals surface area contributed by atoms with Gasteiger partial charge in [-0.1, -0.05) is 6.92 Å². The summed E-state index contributed by atoms with van der Waals surface area (Å²) in [6, 6.07) is 4.47. The van der Waals surface area contributed by atoms with Crippen molar-refractivity contribution in [2.45, 2.75) is 19.9 Å². The van der Waals surface area contributed by atoms with Crippen LogP contribution in [0, 0.1) is 5.82 Å². The molecule has 0 bridgehead atoms. The van der Waals surface area contributed by atoms with E-state index in [-0.39, 0.29) is 11.6 Å². The van der Waals surface area contributed by atoms with Crippen molar-refractivity contribution in [3.63, 3.8) is 0 Å². The molecular formula is C15H12FN5O. The smallest absolute Gasteiger partial charge is 0.182 e. The second kappa shape index (κ2) is 4.59. The number of benzene rings is 1. The molecule has 7 heteroatoms. The number of fused-ring (bicyclic) bond motifs is 5. The van der Waals surface area contributed by atoms with Crippen LogP contribution in [0.3, 0.4) is 0 Å². The van der Waals surface area contributed by atoms with Gasteiger partial charge in [0.05, 0.1) is 17.9 Å². The molecule has 1 aliphatic rings. The van der Waals surface area contributed by atoms with Crippen LogP contribution in [0.4, 0.5) is 4.39 Å². The minimum atomic E-state index is -0.346. The molecule has 0 amide bonds. The average Bonchev–Trinajstić information content (AvgIpc) is 3.12. The summed E-state index contributed by atoms with van der Waals surface area (Å²) < 4.78 is 17.1. The third-order valence-electron chi connectivity index (χ3n) is 3.83. The molecule has 0 radical (unpaired) electrons. The number of halogens is 1. The molecule has 2 aromatic heterocycles. The zero-order valence-electron chi connectivity index (χ0n) is 11.8. The Balaban J connectivity index is 2.04. The van der Waals surface area contributed by atoms with Crippen LogP contribution in [0.5, 0.6) is 0 Å². The summed E-state index contributed by atoms with van der Waals surface area (Å²) in [6.45, 7) is 2.17. The molecule has 1 aromatic carbocycles. The predicted molar refractivity (Wildman–Crippen MR) is 76.3 cm³/mol. The number of Topliss-reactive ketones (excluding diaryl/α,β-unsaturated/α-hetero) is 1. The highest BCUT2D eigenvalue weighted by Gasteiger charge is 2.25. The zero-order valence-corrected chi connectivity index (χ0v) is 11.8. The summed E-state index contributed by atoms with van der Waals surface area (Å²) in [4.78, 5) is 20.6. The highest BCUT2D eigenvalue weighted by Crippen LogP contribution is 2.31. The number of aromatic nitrogens is 5. The van der Waals surface area contributed by atoms with Gasteiger partial charge in [-0.2, -0.15) is 5.10 Å². The molecule has 1 aliphatic heterocycles. The van der Waals surface area contributed by atoms with E-state index in [1.54, 1.807) is 24.0 Å². The molecule has 0 saturated carbocycles. The lowest BCUT2D eigenvalue weighted by Crippen LogP contribution is -2.10. The molecule has 0 saturated heterocycles. The van der Waals surface area contributed by atoms with Crippen LogP contribution in [-0.4, -0.2) is 30.1 Å². The second-order valence-corrected chi connectivity index (χ2v) is 5.09. The van der Waals surface area contributed by atoms with Crippen LogP contribution in [-0.2, 0) is 6.54 Å². The molecule has 110 valence electrons. The van der Waals surface area contributed by atoms with Crippen molar-refractivity contribution >= 4 is 5.78 Å². The van der Waals surface area contributed by atoms with Gasteiger partial charge in [-0.15, -0.1) is 0 Å². The Kier molecular flexibility index (Phi) is 2.69. The van der Waals surface area contributed by atoms with E-state index >= 15 is 0 Å². The predicted octanol–water partition coefficient (Wildman–Crippen LogP) is 2.22. The number of rotatable bonds is 2. The Morgan fingerprint density at radius 2 is 2.23 bits per heavy atom. The summed E-state index contributed by atoms with van der Waals surface area (Å²) in [5.74, 6) is 0.204. The van der Waals surface area contributed by atoms with Crippen LogP contribution in [0.2, 0.25) is 0 Å². The van der Waals surface area contributed by atoms with Gasteiger partial charge in [0, 0.05) is 12.0 Å². The van der Waals surface area contributed by atoms with E-state index < -0.39 is 0 Å². The molecular weight excluding hydrogens is 285 g/mol. The molecule has 3 heterocycles. The Hall–Kier alpha value is -2.83. The van der Waals surface area contributed by atoms with Gasteiger partial charge < -0.3 is 0 Å². The average molecular weight is 297 g/mol. The Morgan fingerprint density at radius 1 is 1.36 bits per heavy atom. The Labute approximate surface area is 125 Å². The van der Waals surface area contributed by atoms with Gasteiger partial charge in [0.25, 0.3) is 0 Å². The van der Waals surface area contributed by atoms with Crippen molar-refractivity contribution in [3.05, 3.63) is 48.1 Å². The van der Waals surface area contributed by atoms with Gasteiger partial charge >= 0.3 is 0 Å². The van der Waals surface area contributed by atoms with Crippen molar-refractivity contribution in [2.75, 3.05) is 0 Å². The highest BCUT2D eigenvalue weighted by atomic mass is 19.1. The van der Waals surface area contributed by atoms with Crippen molar-refractivity contribution in [2.24, 2.45) is 0 Å². The van der Waals surface area contributed by atoms with Gasteiger partial charge in [-0.05, 0) is 18.2 Å². The molecule has 0 aliphatic carbocycles. The summed E-state index contributed by atoms with van der Waals surface area (Å²) in [5.41, 5.74) is 2.54. The Bertz CT molecular complexity index is 895. The molecule has 6 nitrogen and oxygen atoms in total. The fourth-order valence-corrected chi connectivity index (χ4v) is 2.76. The van der Waals surface area contributed by atoms with Crippen LogP contribution >= 0.6 is 0 Å². The minimum Gasteiger partial charge on any atom is -0.300 e. The molecule has 0 atom stereocenters. The molecule has 0 spiro atoms. The standard InChI is InChI=1S/C15H12FN5O/c1-2-13(22)14-12-6-21-15(17-7-19-21)10-5-9(16)3-4-11(10)20(12)8-18-14/h3-5,7-8H,2,6H2,1H3. The SMILES string of the molecule is CCC(=O)c1ncn2c1Cn1ncnc1-c1cc(F)ccc1-2. The number of ketones is 1. The maximum Gasteiger partial charge on any atom is 0.182 e. The normalized spacial score (nSPS) is 12.3. The lowest BCUT2D eigenvalue weighted by molar-refractivity contribution is 0.0982. The van der Waals surface area contributed by atoms with Gasteiger partial charge in [0.1, 0.15) is 24.2 Å². The summed E-state index contributed by atoms with van der Waals surface area (Å²) in [5, 5.41) is 4.18. The first-order chi connectivity index (χ1) is 10.7. The third-order valence-corrected chi connectivity index (χ3v) is 3.83. The summed E-state index contributed by atoms with van der Waals surface area (Å²) >= 11 is 0. The quantitative estimate of drug-likeness (QED) is 0.532. The number of carbonyl (C=O) groups is 1. The first-order valence-corrected chi connectivity index (χ1v) is 6.96. The van der Waals surface area contributed by atoms with Gasteiger partial charge in [0.15, 0.2) is 11.6 Å². The third kappa shape index (κ3) is 1.71. The maximum absolute atomic E-state index is 13.7. The van der Waals surface area contributed by atoms with Gasteiger partial charge in [-0.25, -0.2) is 19.0 Å². The van der Waals surface area contributed by atoms with E-state index in [0.717, 1.165) is 11.4 Å². The fourth-order valence-electron chi connectivity index (χ4n) is 2.76. The van der Waals surface area contributed by atoms with Crippen LogP contribution in [0.15, 0.2) is 30.9 Å². The number of hydrogen-bond acceptors (Lipinski definition) is 4. The van der Waals surface area contributed by atoms with E-state index in [2.05, 4.69) is 15.1 Å².